The molecular weight excluding hydrogens is 282 g/mol. The van der Waals surface area contributed by atoms with Crippen LogP contribution in [0.25, 0.3) is 0 Å². The van der Waals surface area contributed by atoms with Crippen LogP contribution in [0.4, 0.5) is 4.79 Å². The van der Waals surface area contributed by atoms with Crippen LogP contribution in [-0.2, 0) is 24.4 Å². The van der Waals surface area contributed by atoms with E-state index in [1.165, 1.54) is 10.9 Å². The number of carbonyl (C=O) groups is 2. The Morgan fingerprint density at radius 2 is 2.14 bits per heavy atom. The van der Waals surface area contributed by atoms with Gasteiger partial charge in [-0.25, -0.2) is 9.48 Å². The summed E-state index contributed by atoms with van der Waals surface area (Å²) in [5.74, 6) is -0.232. The number of aromatic nitrogens is 5. The van der Waals surface area contributed by atoms with Crippen molar-refractivity contribution in [2.24, 2.45) is 0 Å². The fraction of sp³-hybridized carbons (Fsp3) is 0.400. The molecule has 0 aromatic carbocycles. The Morgan fingerprint density at radius 3 is 2.81 bits per heavy atom. The number of hydrogen-bond donors (Lipinski definition) is 3. The summed E-state index contributed by atoms with van der Waals surface area (Å²) in [6.07, 6.45) is 1.44. The number of carboxylic acids is 1. The number of aryl methyl sites for hydroxylation is 1. The minimum Gasteiger partial charge on any atom is -0.480 e. The minimum absolute atomic E-state index is 0.122. The van der Waals surface area contributed by atoms with E-state index >= 15 is 0 Å². The lowest BCUT2D eigenvalue weighted by Gasteiger charge is -2.03. The van der Waals surface area contributed by atoms with Crippen molar-refractivity contribution < 1.29 is 19.2 Å². The maximum absolute atomic E-state index is 11.5. The zero-order chi connectivity index (χ0) is 15.2. The van der Waals surface area contributed by atoms with Gasteiger partial charge in [0.25, 0.3) is 0 Å². The molecule has 2 aromatic heterocycles. The smallest absolute Gasteiger partial charge is 0.325 e. The highest BCUT2D eigenvalue weighted by atomic mass is 16.5. The van der Waals surface area contributed by atoms with Crippen molar-refractivity contribution in [2.45, 2.75) is 26.6 Å². The molecule has 0 saturated carbocycles. The summed E-state index contributed by atoms with van der Waals surface area (Å²) in [5, 5.41) is 24.6. The van der Waals surface area contributed by atoms with Gasteiger partial charge < -0.3 is 20.3 Å². The number of amides is 2. The van der Waals surface area contributed by atoms with Gasteiger partial charge in [-0.05, 0) is 0 Å². The van der Waals surface area contributed by atoms with Crippen LogP contribution in [0.5, 0.6) is 0 Å². The first kappa shape index (κ1) is 14.4. The fourth-order valence-electron chi connectivity index (χ4n) is 1.44. The summed E-state index contributed by atoms with van der Waals surface area (Å²) < 4.78 is 5.92. The van der Waals surface area contributed by atoms with Crippen LogP contribution in [0.3, 0.4) is 0 Å². The molecule has 0 unspecified atom stereocenters. The molecule has 0 atom stereocenters. The van der Waals surface area contributed by atoms with Gasteiger partial charge in [0.1, 0.15) is 12.2 Å². The van der Waals surface area contributed by atoms with Crippen molar-refractivity contribution in [3.05, 3.63) is 23.6 Å². The summed E-state index contributed by atoms with van der Waals surface area (Å²) in [6.45, 7) is 1.62. The predicted octanol–water partition coefficient (Wildman–Crippen LogP) is -0.946. The molecule has 0 aliphatic carbocycles. The number of carbonyl (C=O) groups excluding carboxylic acids is 1. The Balaban J connectivity index is 1.73. The van der Waals surface area contributed by atoms with Crippen LogP contribution in [0.15, 0.2) is 10.7 Å². The molecule has 0 aliphatic heterocycles. The summed E-state index contributed by atoms with van der Waals surface area (Å²) in [6, 6.07) is -0.440. The monoisotopic (exact) mass is 295 g/mol. The Hall–Kier alpha value is -2.98. The predicted molar refractivity (Wildman–Crippen MR) is 65.8 cm³/mol. The number of nitrogens with one attached hydrogen (secondary N) is 2. The van der Waals surface area contributed by atoms with Gasteiger partial charge in [-0.2, -0.15) is 4.98 Å². The number of nitrogens with zero attached hydrogens (tertiary/aromatic N) is 5. The average Bonchev–Trinajstić information content (AvgIpc) is 3.02. The van der Waals surface area contributed by atoms with E-state index in [9.17, 15) is 9.59 Å². The third-order valence-corrected chi connectivity index (χ3v) is 2.29. The Kier molecular flexibility index (Phi) is 4.43. The molecule has 2 heterocycles. The van der Waals surface area contributed by atoms with Gasteiger partial charge in [-0.1, -0.05) is 10.4 Å². The van der Waals surface area contributed by atoms with Crippen LogP contribution in [0.2, 0.25) is 0 Å². The third-order valence-electron chi connectivity index (χ3n) is 2.29. The molecule has 0 fully saturated rings. The van der Waals surface area contributed by atoms with Crippen LogP contribution < -0.4 is 10.6 Å². The van der Waals surface area contributed by atoms with Crippen LogP contribution >= 0.6 is 0 Å². The molecule has 0 saturated heterocycles. The van der Waals surface area contributed by atoms with Crippen LogP contribution in [0.1, 0.15) is 17.4 Å². The molecule has 11 nitrogen and oxygen atoms in total. The largest absolute Gasteiger partial charge is 0.480 e. The number of urea groups is 1. The quantitative estimate of drug-likeness (QED) is 0.618. The van der Waals surface area contributed by atoms with E-state index in [1.54, 1.807) is 6.92 Å². The lowest BCUT2D eigenvalue weighted by molar-refractivity contribution is -0.137. The molecular formula is C10H13N7O4. The van der Waals surface area contributed by atoms with E-state index < -0.39 is 12.0 Å². The lowest BCUT2D eigenvalue weighted by Crippen LogP contribution is -2.34. The number of hydrogen-bond acceptors (Lipinski definition) is 7. The highest BCUT2D eigenvalue weighted by molar-refractivity contribution is 5.73. The van der Waals surface area contributed by atoms with E-state index in [0.29, 0.717) is 17.4 Å². The van der Waals surface area contributed by atoms with Crippen molar-refractivity contribution in [3.63, 3.8) is 0 Å². The second-order valence-corrected chi connectivity index (χ2v) is 4.07. The zero-order valence-electron chi connectivity index (χ0n) is 11.1. The Morgan fingerprint density at radius 1 is 1.38 bits per heavy atom. The van der Waals surface area contributed by atoms with Gasteiger partial charge in [-0.15, -0.1) is 5.10 Å². The number of aliphatic carboxylic acids is 1. The highest BCUT2D eigenvalue weighted by Gasteiger charge is 2.07. The van der Waals surface area contributed by atoms with Gasteiger partial charge in [0.05, 0.1) is 19.3 Å². The molecule has 2 aromatic rings. The lowest BCUT2D eigenvalue weighted by atomic mass is 10.4. The summed E-state index contributed by atoms with van der Waals surface area (Å²) >= 11 is 0. The normalized spacial score (nSPS) is 10.3. The van der Waals surface area contributed by atoms with Crippen molar-refractivity contribution in [1.82, 2.24) is 35.8 Å². The maximum Gasteiger partial charge on any atom is 0.325 e. The SMILES string of the molecule is Cc1nc(CNC(=O)NCc2cn(CC(=O)O)nn2)no1. The van der Waals surface area contributed by atoms with Crippen molar-refractivity contribution in [3.8, 4) is 0 Å². The van der Waals surface area contributed by atoms with Gasteiger partial charge in [0.2, 0.25) is 5.89 Å². The molecule has 0 spiro atoms. The first-order valence-electron chi connectivity index (χ1n) is 5.94. The molecule has 112 valence electrons. The molecule has 0 bridgehead atoms. The molecule has 0 aliphatic rings. The molecule has 3 N–H and O–H groups in total. The summed E-state index contributed by atoms with van der Waals surface area (Å²) in [4.78, 5) is 25.9. The van der Waals surface area contributed by atoms with Gasteiger partial charge in [0.15, 0.2) is 5.82 Å². The summed E-state index contributed by atoms with van der Waals surface area (Å²) in [5.41, 5.74) is 0.446. The topological polar surface area (TPSA) is 148 Å². The van der Waals surface area contributed by atoms with E-state index in [0.717, 1.165) is 0 Å². The second-order valence-electron chi connectivity index (χ2n) is 4.07. The number of rotatable bonds is 6. The fourth-order valence-corrected chi connectivity index (χ4v) is 1.44. The van der Waals surface area contributed by atoms with Gasteiger partial charge in [-0.3, -0.25) is 4.79 Å². The average molecular weight is 295 g/mol. The molecule has 0 radical (unpaired) electrons. The van der Waals surface area contributed by atoms with E-state index in [1.807, 2.05) is 0 Å². The highest BCUT2D eigenvalue weighted by Crippen LogP contribution is 1.95. The first-order chi connectivity index (χ1) is 10.0. The van der Waals surface area contributed by atoms with Crippen molar-refractivity contribution in [2.75, 3.05) is 0 Å². The van der Waals surface area contributed by atoms with E-state index in [2.05, 4.69) is 31.1 Å². The standard InChI is InChI=1S/C10H13N7O4/c1-6-13-8(15-21-6)3-12-10(20)11-2-7-4-17(16-14-7)5-9(18)19/h4H,2-3,5H2,1H3,(H,18,19)(H2,11,12,20). The molecule has 2 rings (SSSR count). The molecule has 21 heavy (non-hydrogen) atoms. The van der Waals surface area contributed by atoms with Crippen molar-refractivity contribution in [1.29, 1.82) is 0 Å². The first-order valence-corrected chi connectivity index (χ1v) is 5.94. The maximum atomic E-state index is 11.5. The summed E-state index contributed by atoms with van der Waals surface area (Å²) in [7, 11) is 0. The van der Waals surface area contributed by atoms with Crippen molar-refractivity contribution >= 4 is 12.0 Å². The minimum atomic E-state index is -1.02. The molecule has 2 amide bonds. The zero-order valence-corrected chi connectivity index (χ0v) is 11.1. The van der Waals surface area contributed by atoms with Gasteiger partial charge >= 0.3 is 12.0 Å². The Bertz CT molecular complexity index is 635. The van der Waals surface area contributed by atoms with Gasteiger partial charge in [0, 0.05) is 6.92 Å². The van der Waals surface area contributed by atoms with E-state index in [4.69, 9.17) is 9.63 Å². The van der Waals surface area contributed by atoms with Crippen LogP contribution in [0, 0.1) is 6.92 Å². The van der Waals surface area contributed by atoms with E-state index in [-0.39, 0.29) is 19.6 Å². The van der Waals surface area contributed by atoms with Crippen LogP contribution in [-0.4, -0.2) is 42.2 Å². The Labute approximate surface area is 118 Å². The molecule has 11 heteroatoms. The third kappa shape index (κ3) is 4.56. The number of carboxylic acid groups (broad SMARTS) is 1. The second kappa shape index (κ2) is 6.45.